The number of likely N-dealkylation sites (N-methyl/N-ethyl adjacent to an activating group) is 1. The molecule has 14 heavy (non-hydrogen) atoms. The number of anilines is 2. The van der Waals surface area contributed by atoms with Crippen molar-refractivity contribution in [3.05, 3.63) is 20.4 Å². The Labute approximate surface area is 81.4 Å². The fourth-order valence-corrected chi connectivity index (χ4v) is 1.74. The van der Waals surface area contributed by atoms with E-state index in [1.807, 2.05) is 11.9 Å². The Morgan fingerprint density at radius 1 is 1.07 bits per heavy atom. The standard InChI is InChI=1S/C9H13N3O2/c1-11-2-4-12(5-3-11)7-6(10)8(13)9(7)14/h2-5,10H2,1H3. The van der Waals surface area contributed by atoms with Crippen LogP contribution in [0.3, 0.4) is 0 Å². The lowest BCUT2D eigenvalue weighted by molar-refractivity contribution is 0.312. The van der Waals surface area contributed by atoms with Crippen molar-refractivity contribution in [1.82, 2.24) is 4.90 Å². The van der Waals surface area contributed by atoms with Gasteiger partial charge in [0, 0.05) is 26.2 Å². The molecule has 0 unspecified atom stereocenters. The van der Waals surface area contributed by atoms with Crippen molar-refractivity contribution in [2.24, 2.45) is 0 Å². The van der Waals surface area contributed by atoms with Crippen molar-refractivity contribution in [3.8, 4) is 0 Å². The van der Waals surface area contributed by atoms with E-state index in [2.05, 4.69) is 4.90 Å². The van der Waals surface area contributed by atoms with Gasteiger partial charge in [-0.15, -0.1) is 0 Å². The van der Waals surface area contributed by atoms with Crippen molar-refractivity contribution >= 4 is 11.4 Å². The van der Waals surface area contributed by atoms with E-state index in [0.29, 0.717) is 5.69 Å². The van der Waals surface area contributed by atoms with E-state index in [1.54, 1.807) is 0 Å². The number of nitrogen functional groups attached to an aromatic ring is 1. The van der Waals surface area contributed by atoms with E-state index in [0.717, 1.165) is 26.2 Å². The quantitative estimate of drug-likeness (QED) is 0.559. The van der Waals surface area contributed by atoms with Gasteiger partial charge in [-0.2, -0.15) is 0 Å². The molecule has 0 radical (unpaired) electrons. The summed E-state index contributed by atoms with van der Waals surface area (Å²) in [5, 5.41) is 0. The molecule has 1 fully saturated rings. The van der Waals surface area contributed by atoms with E-state index in [4.69, 9.17) is 5.73 Å². The molecule has 1 aromatic carbocycles. The first-order chi connectivity index (χ1) is 6.61. The van der Waals surface area contributed by atoms with Crippen molar-refractivity contribution < 1.29 is 0 Å². The minimum Gasteiger partial charge on any atom is -0.394 e. The van der Waals surface area contributed by atoms with Crippen LogP contribution in [0.25, 0.3) is 0 Å². The normalized spacial score (nSPS) is 19.1. The van der Waals surface area contributed by atoms with Crippen molar-refractivity contribution in [1.29, 1.82) is 0 Å². The number of nitrogens with two attached hydrogens (primary N) is 1. The first-order valence-corrected chi connectivity index (χ1v) is 4.63. The third kappa shape index (κ3) is 1.21. The molecule has 0 atom stereocenters. The minimum atomic E-state index is -0.529. The van der Waals surface area contributed by atoms with Gasteiger partial charge in [0.1, 0.15) is 11.4 Å². The summed E-state index contributed by atoms with van der Waals surface area (Å²) in [6.45, 7) is 3.34. The Bertz CT molecular complexity index is 412. The average molecular weight is 195 g/mol. The van der Waals surface area contributed by atoms with Crippen LogP contribution in [-0.4, -0.2) is 38.1 Å². The topological polar surface area (TPSA) is 66.6 Å². The molecule has 76 valence electrons. The maximum atomic E-state index is 11.2. The summed E-state index contributed by atoms with van der Waals surface area (Å²) >= 11 is 0. The highest BCUT2D eigenvalue weighted by Crippen LogP contribution is 2.17. The monoisotopic (exact) mass is 195 g/mol. The average Bonchev–Trinajstić information content (AvgIpc) is 2.21. The van der Waals surface area contributed by atoms with Gasteiger partial charge in [0.05, 0.1) is 0 Å². The van der Waals surface area contributed by atoms with Gasteiger partial charge in [-0.25, -0.2) is 0 Å². The van der Waals surface area contributed by atoms with Crippen molar-refractivity contribution in [2.75, 3.05) is 43.9 Å². The predicted octanol–water partition coefficient (Wildman–Crippen LogP) is -1.38. The Morgan fingerprint density at radius 3 is 2.14 bits per heavy atom. The Balaban J connectivity index is 2.18. The van der Waals surface area contributed by atoms with Crippen LogP contribution in [0.1, 0.15) is 0 Å². The summed E-state index contributed by atoms with van der Waals surface area (Å²) in [5.41, 5.74) is 5.10. The van der Waals surface area contributed by atoms with Gasteiger partial charge < -0.3 is 15.5 Å². The highest BCUT2D eigenvalue weighted by atomic mass is 16.2. The molecule has 1 aromatic rings. The molecule has 1 aliphatic heterocycles. The fraction of sp³-hybridized carbons (Fsp3) is 0.556. The van der Waals surface area contributed by atoms with Crippen LogP contribution in [0.4, 0.5) is 11.4 Å². The van der Waals surface area contributed by atoms with E-state index < -0.39 is 10.9 Å². The molecule has 0 bridgehead atoms. The maximum Gasteiger partial charge on any atom is 0.253 e. The van der Waals surface area contributed by atoms with Crippen LogP contribution in [-0.2, 0) is 0 Å². The molecule has 2 N–H and O–H groups in total. The summed E-state index contributed by atoms with van der Waals surface area (Å²) < 4.78 is 0. The van der Waals surface area contributed by atoms with E-state index in [-0.39, 0.29) is 5.69 Å². The summed E-state index contributed by atoms with van der Waals surface area (Å²) in [5.74, 6) is 0. The summed E-state index contributed by atoms with van der Waals surface area (Å²) in [6.07, 6.45) is 0. The first kappa shape index (κ1) is 9.21. The molecule has 5 heteroatoms. The van der Waals surface area contributed by atoms with E-state index >= 15 is 0 Å². The van der Waals surface area contributed by atoms with Crippen molar-refractivity contribution in [3.63, 3.8) is 0 Å². The Hall–Kier alpha value is -1.36. The predicted molar refractivity (Wildman–Crippen MR) is 55.5 cm³/mol. The Morgan fingerprint density at radius 2 is 1.64 bits per heavy atom. The second kappa shape index (κ2) is 3.09. The van der Waals surface area contributed by atoms with Gasteiger partial charge in [0.15, 0.2) is 0 Å². The zero-order valence-corrected chi connectivity index (χ0v) is 8.12. The van der Waals surface area contributed by atoms with Crippen LogP contribution in [0.15, 0.2) is 9.59 Å². The second-order valence-electron chi connectivity index (χ2n) is 3.71. The van der Waals surface area contributed by atoms with Crippen LogP contribution in [0.2, 0.25) is 0 Å². The SMILES string of the molecule is CN1CCN(c2c(N)c(=O)c2=O)CC1. The molecule has 0 aliphatic carbocycles. The molecule has 1 aliphatic rings. The lowest BCUT2D eigenvalue weighted by atomic mass is 10.1. The maximum absolute atomic E-state index is 11.2. The number of hydrogen-bond donors (Lipinski definition) is 1. The largest absolute Gasteiger partial charge is 0.394 e. The lowest BCUT2D eigenvalue weighted by Crippen LogP contribution is -2.50. The number of rotatable bonds is 1. The third-order valence-corrected chi connectivity index (χ3v) is 2.74. The van der Waals surface area contributed by atoms with Gasteiger partial charge >= 0.3 is 0 Å². The molecule has 0 aromatic heterocycles. The highest BCUT2D eigenvalue weighted by molar-refractivity contribution is 5.72. The Kier molecular flexibility index (Phi) is 2.03. The van der Waals surface area contributed by atoms with E-state index in [1.165, 1.54) is 0 Å². The first-order valence-electron chi connectivity index (χ1n) is 4.63. The van der Waals surface area contributed by atoms with E-state index in [9.17, 15) is 9.59 Å². The van der Waals surface area contributed by atoms with Crippen LogP contribution >= 0.6 is 0 Å². The number of hydrogen-bond acceptors (Lipinski definition) is 5. The molecule has 2 rings (SSSR count). The van der Waals surface area contributed by atoms with Crippen LogP contribution in [0, 0.1) is 0 Å². The van der Waals surface area contributed by atoms with Gasteiger partial charge in [-0.1, -0.05) is 0 Å². The van der Waals surface area contributed by atoms with Crippen LogP contribution in [0.5, 0.6) is 0 Å². The molecule has 5 nitrogen and oxygen atoms in total. The highest BCUT2D eigenvalue weighted by Gasteiger charge is 2.25. The number of nitrogens with zero attached hydrogens (tertiary/aromatic N) is 2. The molecular weight excluding hydrogens is 182 g/mol. The zero-order chi connectivity index (χ0) is 10.3. The zero-order valence-electron chi connectivity index (χ0n) is 8.12. The van der Waals surface area contributed by atoms with Crippen molar-refractivity contribution in [2.45, 2.75) is 0 Å². The van der Waals surface area contributed by atoms with Gasteiger partial charge in [-0.05, 0) is 7.05 Å². The second-order valence-corrected chi connectivity index (χ2v) is 3.71. The third-order valence-electron chi connectivity index (χ3n) is 2.74. The number of piperazine rings is 1. The molecule has 1 heterocycles. The summed E-state index contributed by atoms with van der Waals surface area (Å²) in [7, 11) is 2.03. The molecular formula is C9H13N3O2. The summed E-state index contributed by atoms with van der Waals surface area (Å²) in [4.78, 5) is 26.2. The summed E-state index contributed by atoms with van der Waals surface area (Å²) in [6, 6.07) is 0. The minimum absolute atomic E-state index is 0.138. The molecule has 0 saturated carbocycles. The smallest absolute Gasteiger partial charge is 0.253 e. The van der Waals surface area contributed by atoms with Gasteiger partial charge in [0.2, 0.25) is 0 Å². The molecule has 0 amide bonds. The fourth-order valence-electron chi connectivity index (χ4n) is 1.74. The molecule has 1 saturated heterocycles. The van der Waals surface area contributed by atoms with Gasteiger partial charge in [0.25, 0.3) is 10.9 Å². The molecule has 0 spiro atoms. The van der Waals surface area contributed by atoms with Gasteiger partial charge in [-0.3, -0.25) is 9.59 Å². The lowest BCUT2D eigenvalue weighted by Gasteiger charge is -2.34. The van der Waals surface area contributed by atoms with Crippen LogP contribution < -0.4 is 21.5 Å².